The normalized spacial score (nSPS) is 13.2. The van der Waals surface area contributed by atoms with Crippen LogP contribution < -0.4 is 0 Å². The summed E-state index contributed by atoms with van der Waals surface area (Å²) in [6.07, 6.45) is 1.05. The van der Waals surface area contributed by atoms with Crippen LogP contribution in [0.3, 0.4) is 0 Å². The molecule has 5 heteroatoms. The number of hydrogen-bond donors (Lipinski definition) is 1. The van der Waals surface area contributed by atoms with Gasteiger partial charge in [-0.2, -0.15) is 0 Å². The summed E-state index contributed by atoms with van der Waals surface area (Å²) in [5, 5.41) is 10.1. The third-order valence-electron chi connectivity index (χ3n) is 3.05. The summed E-state index contributed by atoms with van der Waals surface area (Å²) >= 11 is 0. The van der Waals surface area contributed by atoms with Crippen LogP contribution >= 0.6 is 0 Å². The van der Waals surface area contributed by atoms with Crippen LogP contribution in [-0.4, -0.2) is 48.3 Å². The zero-order valence-electron chi connectivity index (χ0n) is 12.6. The number of hydrogen-bond acceptors (Lipinski definition) is 4. The molecule has 0 radical (unpaired) electrons. The minimum Gasteiger partial charge on any atom is -0.387 e. The van der Waals surface area contributed by atoms with E-state index >= 15 is 0 Å². The molecule has 0 saturated carbocycles. The van der Waals surface area contributed by atoms with Crippen molar-refractivity contribution >= 4 is 0 Å². The molecule has 1 unspecified atom stereocenters. The fraction of sp³-hybridized carbons (Fsp3) is 0.667. The Balaban J connectivity index is 2.46. The van der Waals surface area contributed by atoms with Gasteiger partial charge in [0, 0.05) is 26.7 Å². The molecule has 20 heavy (non-hydrogen) atoms. The first-order chi connectivity index (χ1) is 9.52. The third-order valence-corrected chi connectivity index (χ3v) is 3.05. The molecule has 114 valence electrons. The molecule has 4 nitrogen and oxygen atoms in total. The first kappa shape index (κ1) is 17.0. The second kappa shape index (κ2) is 9.00. The van der Waals surface area contributed by atoms with Crippen LogP contribution in [0.1, 0.15) is 32.1 Å². The van der Waals surface area contributed by atoms with Crippen molar-refractivity contribution in [3.05, 3.63) is 29.8 Å². The Hall–Kier alpha value is -1.04. The largest absolute Gasteiger partial charge is 0.387 e. The minimum atomic E-state index is -0.659. The average molecular weight is 284 g/mol. The van der Waals surface area contributed by atoms with Gasteiger partial charge in [-0.15, -0.1) is 0 Å². The maximum Gasteiger partial charge on any atom is 0.141 e. The fourth-order valence-corrected chi connectivity index (χ4v) is 2.07. The Morgan fingerprint density at radius 1 is 1.35 bits per heavy atom. The Morgan fingerprint density at radius 2 is 2.10 bits per heavy atom. The highest BCUT2D eigenvalue weighted by Gasteiger charge is 2.13. The van der Waals surface area contributed by atoms with Crippen molar-refractivity contribution < 1.29 is 14.2 Å². The molecule has 1 aromatic heterocycles. The quantitative estimate of drug-likeness (QED) is 0.755. The van der Waals surface area contributed by atoms with Gasteiger partial charge in [-0.05, 0) is 24.5 Å². The van der Waals surface area contributed by atoms with Gasteiger partial charge in [0.25, 0.3) is 0 Å². The van der Waals surface area contributed by atoms with Gasteiger partial charge in [0.2, 0.25) is 0 Å². The monoisotopic (exact) mass is 284 g/mol. The molecule has 1 atom stereocenters. The summed E-state index contributed by atoms with van der Waals surface area (Å²) in [5.74, 6) is 0.176. The Kier molecular flexibility index (Phi) is 7.65. The van der Waals surface area contributed by atoms with Gasteiger partial charge in [0.1, 0.15) is 5.82 Å². The summed E-state index contributed by atoms with van der Waals surface area (Å²) < 4.78 is 17.9. The maximum atomic E-state index is 12.8. The van der Waals surface area contributed by atoms with Crippen LogP contribution in [-0.2, 0) is 4.74 Å². The molecular weight excluding hydrogens is 259 g/mol. The van der Waals surface area contributed by atoms with Crippen molar-refractivity contribution in [1.82, 2.24) is 9.88 Å². The van der Waals surface area contributed by atoms with Crippen LogP contribution in [0.15, 0.2) is 18.3 Å². The van der Waals surface area contributed by atoms with Gasteiger partial charge in [0.15, 0.2) is 0 Å². The second-order valence-electron chi connectivity index (χ2n) is 5.39. The fourth-order valence-electron chi connectivity index (χ4n) is 2.07. The molecule has 1 rings (SSSR count). The Bertz CT molecular complexity index is 371. The number of methoxy groups -OCH3 is 1. The topological polar surface area (TPSA) is 45.6 Å². The number of halogens is 1. The predicted molar refractivity (Wildman–Crippen MR) is 76.9 cm³/mol. The minimum absolute atomic E-state index is 0.387. The average Bonchev–Trinajstić information content (AvgIpc) is 2.41. The predicted octanol–water partition coefficient (Wildman–Crippen LogP) is 2.25. The molecule has 0 amide bonds. The van der Waals surface area contributed by atoms with E-state index in [1.54, 1.807) is 7.11 Å². The highest BCUT2D eigenvalue weighted by atomic mass is 19.1. The molecule has 0 fully saturated rings. The molecule has 0 aliphatic rings. The van der Waals surface area contributed by atoms with Crippen molar-refractivity contribution in [2.24, 2.45) is 5.92 Å². The molecule has 0 aliphatic carbocycles. The van der Waals surface area contributed by atoms with Gasteiger partial charge >= 0.3 is 0 Å². The molecule has 1 heterocycles. The lowest BCUT2D eigenvalue weighted by atomic mass is 10.1. The maximum absolute atomic E-state index is 12.8. The highest BCUT2D eigenvalue weighted by Crippen LogP contribution is 2.15. The van der Waals surface area contributed by atoms with Crippen molar-refractivity contribution in [3.63, 3.8) is 0 Å². The first-order valence-corrected chi connectivity index (χ1v) is 7.03. The summed E-state index contributed by atoms with van der Waals surface area (Å²) in [6, 6.07) is 2.85. The van der Waals surface area contributed by atoms with Gasteiger partial charge in [-0.1, -0.05) is 13.8 Å². The molecule has 1 aromatic rings. The lowest BCUT2D eigenvalue weighted by Crippen LogP contribution is -2.32. The number of ether oxygens (including phenoxy) is 1. The van der Waals surface area contributed by atoms with E-state index in [0.717, 1.165) is 25.8 Å². The van der Waals surface area contributed by atoms with E-state index in [-0.39, 0.29) is 5.82 Å². The van der Waals surface area contributed by atoms with Crippen LogP contribution in [0.25, 0.3) is 0 Å². The van der Waals surface area contributed by atoms with Crippen molar-refractivity contribution in [1.29, 1.82) is 0 Å². The molecule has 0 bridgehead atoms. The number of aliphatic hydroxyl groups is 1. The molecule has 1 N–H and O–H groups in total. The van der Waals surface area contributed by atoms with Gasteiger partial charge in [-0.25, -0.2) is 4.39 Å². The van der Waals surface area contributed by atoms with Gasteiger partial charge in [0.05, 0.1) is 24.6 Å². The van der Waals surface area contributed by atoms with Crippen LogP contribution in [0.5, 0.6) is 0 Å². The number of rotatable bonds is 9. The van der Waals surface area contributed by atoms with Crippen LogP contribution in [0.4, 0.5) is 4.39 Å². The van der Waals surface area contributed by atoms with Crippen molar-refractivity contribution in [3.8, 4) is 0 Å². The van der Waals surface area contributed by atoms with Gasteiger partial charge in [-0.3, -0.25) is 4.98 Å². The van der Waals surface area contributed by atoms with E-state index in [1.165, 1.54) is 12.1 Å². The van der Waals surface area contributed by atoms with Crippen LogP contribution in [0, 0.1) is 11.7 Å². The standard InChI is InChI=1S/C15H25FN2O2/c1-12(2)11-18(8-9-20-3)7-6-15(19)14-5-4-13(16)10-17-14/h4-5,10,12,15,19H,6-9,11H2,1-3H3. The lowest BCUT2D eigenvalue weighted by molar-refractivity contribution is 0.109. The summed E-state index contributed by atoms with van der Waals surface area (Å²) in [4.78, 5) is 6.18. The van der Waals surface area contributed by atoms with E-state index in [1.807, 2.05) is 0 Å². The Labute approximate surface area is 120 Å². The molecular formula is C15H25FN2O2. The lowest BCUT2D eigenvalue weighted by Gasteiger charge is -2.25. The van der Waals surface area contributed by atoms with Crippen molar-refractivity contribution in [2.75, 3.05) is 33.4 Å². The van der Waals surface area contributed by atoms with E-state index in [0.29, 0.717) is 24.6 Å². The van der Waals surface area contributed by atoms with E-state index in [2.05, 4.69) is 23.7 Å². The van der Waals surface area contributed by atoms with E-state index in [9.17, 15) is 9.50 Å². The van der Waals surface area contributed by atoms with E-state index < -0.39 is 6.10 Å². The number of nitrogens with zero attached hydrogens (tertiary/aromatic N) is 2. The first-order valence-electron chi connectivity index (χ1n) is 7.03. The zero-order valence-corrected chi connectivity index (χ0v) is 12.6. The number of aromatic nitrogens is 1. The van der Waals surface area contributed by atoms with Crippen LogP contribution in [0.2, 0.25) is 0 Å². The third kappa shape index (κ3) is 6.41. The zero-order chi connectivity index (χ0) is 15.0. The molecule has 0 saturated heterocycles. The summed E-state index contributed by atoms with van der Waals surface area (Å²) in [7, 11) is 1.69. The Morgan fingerprint density at radius 3 is 2.65 bits per heavy atom. The molecule has 0 aromatic carbocycles. The summed E-state index contributed by atoms with van der Waals surface area (Å²) in [5.41, 5.74) is 0.516. The highest BCUT2D eigenvalue weighted by molar-refractivity contribution is 5.07. The second-order valence-corrected chi connectivity index (χ2v) is 5.39. The number of pyridine rings is 1. The van der Waals surface area contributed by atoms with Gasteiger partial charge < -0.3 is 14.7 Å². The molecule has 0 aliphatic heterocycles. The summed E-state index contributed by atoms with van der Waals surface area (Å²) in [6.45, 7) is 7.58. The number of aliphatic hydroxyl groups excluding tert-OH is 1. The SMILES string of the molecule is COCCN(CCC(O)c1ccc(F)cn1)CC(C)C. The molecule has 0 spiro atoms. The smallest absolute Gasteiger partial charge is 0.141 e. The van der Waals surface area contributed by atoms with E-state index in [4.69, 9.17) is 4.74 Å². The van der Waals surface area contributed by atoms with Crippen molar-refractivity contribution in [2.45, 2.75) is 26.4 Å².